The lowest BCUT2D eigenvalue weighted by molar-refractivity contribution is -0.384. The van der Waals surface area contributed by atoms with Crippen LogP contribution in [0.2, 0.25) is 0 Å². The van der Waals surface area contributed by atoms with Crippen LogP contribution in [0, 0.1) is 17.0 Å². The van der Waals surface area contributed by atoms with Crippen molar-refractivity contribution in [2.45, 2.75) is 20.5 Å². The molecule has 0 unspecified atom stereocenters. The molecule has 4 aromatic rings. The van der Waals surface area contributed by atoms with Crippen LogP contribution in [0.25, 0.3) is 11.3 Å². The second-order valence-corrected chi connectivity index (χ2v) is 7.91. The predicted molar refractivity (Wildman–Crippen MR) is 132 cm³/mol. The molecule has 0 spiro atoms. The van der Waals surface area contributed by atoms with Crippen LogP contribution in [0.4, 0.5) is 5.69 Å². The van der Waals surface area contributed by atoms with E-state index < -0.39 is 10.8 Å². The third-order valence-corrected chi connectivity index (χ3v) is 5.30. The largest absolute Gasteiger partial charge is 0.489 e. The first-order valence-corrected chi connectivity index (χ1v) is 10.8. The van der Waals surface area contributed by atoms with Gasteiger partial charge < -0.3 is 4.74 Å². The Bertz CT molecular complexity index is 1380. The zero-order chi connectivity index (χ0) is 24.8. The fraction of sp³-hybridized carbons (Fsp3) is 0.115. The number of hydrogen-bond acceptors (Lipinski definition) is 6. The van der Waals surface area contributed by atoms with Gasteiger partial charge in [0.05, 0.1) is 16.3 Å². The fourth-order valence-electron chi connectivity index (χ4n) is 3.26. The molecule has 0 fully saturated rings. The van der Waals surface area contributed by atoms with Gasteiger partial charge in [-0.2, -0.15) is 10.2 Å². The number of H-pyrrole nitrogens is 1. The molecule has 0 aliphatic carbocycles. The molecule has 176 valence electrons. The number of carbonyl (C=O) groups excluding carboxylic acids is 1. The Labute approximate surface area is 201 Å². The van der Waals surface area contributed by atoms with Crippen LogP contribution in [-0.4, -0.2) is 26.7 Å². The van der Waals surface area contributed by atoms with E-state index in [0.717, 1.165) is 16.9 Å². The van der Waals surface area contributed by atoms with Crippen molar-refractivity contribution >= 4 is 17.3 Å². The molecule has 0 saturated heterocycles. The smallest absolute Gasteiger partial charge is 0.289 e. The first-order chi connectivity index (χ1) is 16.9. The van der Waals surface area contributed by atoms with E-state index in [4.69, 9.17) is 4.74 Å². The minimum atomic E-state index is -0.482. The summed E-state index contributed by atoms with van der Waals surface area (Å²) in [5.74, 6) is 0.250. The SMILES string of the molecule is C/C(=N/NC(=O)c1cc(-c2ccc(OCc3ccc(C)cc3)cc2)n[nH]1)c1cccc([N+](=O)[O-])c1. The highest BCUT2D eigenvalue weighted by atomic mass is 16.6. The standard InChI is InChI=1S/C26H23N5O4/c1-17-6-8-19(9-7-17)16-35-23-12-10-20(11-13-23)24-15-25(29-28-24)26(32)30-27-18(2)21-4-3-5-22(14-21)31(33)34/h3-15H,16H2,1-2H3,(H,28,29)(H,30,32)/b27-18-. The zero-order valence-corrected chi connectivity index (χ0v) is 19.2. The Hall–Kier alpha value is -4.79. The highest BCUT2D eigenvalue weighted by Crippen LogP contribution is 2.22. The number of carbonyl (C=O) groups is 1. The Morgan fingerprint density at radius 1 is 1.09 bits per heavy atom. The van der Waals surface area contributed by atoms with Crippen molar-refractivity contribution in [1.82, 2.24) is 15.6 Å². The van der Waals surface area contributed by atoms with E-state index >= 15 is 0 Å². The average Bonchev–Trinajstić information content (AvgIpc) is 3.37. The molecule has 4 rings (SSSR count). The van der Waals surface area contributed by atoms with Crippen LogP contribution < -0.4 is 10.2 Å². The van der Waals surface area contributed by atoms with Crippen LogP contribution in [0.1, 0.15) is 34.1 Å². The van der Waals surface area contributed by atoms with E-state index in [-0.39, 0.29) is 11.4 Å². The molecule has 0 atom stereocenters. The molecule has 3 aromatic carbocycles. The van der Waals surface area contributed by atoms with Gasteiger partial charge in [-0.1, -0.05) is 42.0 Å². The number of nitrogens with zero attached hydrogens (tertiary/aromatic N) is 3. The van der Waals surface area contributed by atoms with Crippen molar-refractivity contribution in [1.29, 1.82) is 0 Å². The number of rotatable bonds is 8. The first-order valence-electron chi connectivity index (χ1n) is 10.8. The van der Waals surface area contributed by atoms with E-state index in [9.17, 15) is 14.9 Å². The van der Waals surface area contributed by atoms with Gasteiger partial charge in [0.15, 0.2) is 0 Å². The van der Waals surface area contributed by atoms with Crippen molar-refractivity contribution in [2.24, 2.45) is 5.10 Å². The van der Waals surface area contributed by atoms with Gasteiger partial charge in [-0.3, -0.25) is 20.0 Å². The highest BCUT2D eigenvalue weighted by Gasteiger charge is 2.12. The lowest BCUT2D eigenvalue weighted by Crippen LogP contribution is -2.19. The normalized spacial score (nSPS) is 11.2. The van der Waals surface area contributed by atoms with Gasteiger partial charge in [-0.15, -0.1) is 0 Å². The molecule has 0 radical (unpaired) electrons. The second-order valence-electron chi connectivity index (χ2n) is 7.91. The highest BCUT2D eigenvalue weighted by molar-refractivity contribution is 6.01. The number of nitro groups is 1. The number of hydrogen-bond donors (Lipinski definition) is 2. The summed E-state index contributed by atoms with van der Waals surface area (Å²) in [5.41, 5.74) is 7.30. The molecule has 0 aliphatic rings. The topological polar surface area (TPSA) is 123 Å². The summed E-state index contributed by atoms with van der Waals surface area (Å²) < 4.78 is 5.83. The van der Waals surface area contributed by atoms with Crippen molar-refractivity contribution in [3.8, 4) is 17.0 Å². The molecule has 2 N–H and O–H groups in total. The number of aromatic amines is 1. The van der Waals surface area contributed by atoms with Crippen molar-refractivity contribution < 1.29 is 14.5 Å². The monoisotopic (exact) mass is 469 g/mol. The van der Waals surface area contributed by atoms with Gasteiger partial charge in [0, 0.05) is 23.3 Å². The molecule has 1 aromatic heterocycles. The molecule has 1 heterocycles. The first kappa shape index (κ1) is 23.4. The minimum absolute atomic E-state index is 0.0480. The number of non-ortho nitro benzene ring substituents is 1. The van der Waals surface area contributed by atoms with Crippen molar-refractivity contribution in [3.05, 3.63) is 111 Å². The van der Waals surface area contributed by atoms with Crippen LogP contribution in [0.5, 0.6) is 5.75 Å². The van der Waals surface area contributed by atoms with E-state index in [1.54, 1.807) is 25.1 Å². The minimum Gasteiger partial charge on any atom is -0.489 e. The summed E-state index contributed by atoms with van der Waals surface area (Å²) in [4.78, 5) is 22.9. The third-order valence-electron chi connectivity index (χ3n) is 5.30. The number of aryl methyl sites for hydroxylation is 1. The molecule has 9 nitrogen and oxygen atoms in total. The molecule has 0 saturated carbocycles. The number of ether oxygens (including phenoxy) is 1. The quantitative estimate of drug-likeness (QED) is 0.213. The Balaban J connectivity index is 1.37. The maximum Gasteiger partial charge on any atom is 0.289 e. The van der Waals surface area contributed by atoms with E-state index in [0.29, 0.717) is 23.6 Å². The summed E-state index contributed by atoms with van der Waals surface area (Å²) >= 11 is 0. The molecule has 1 amide bonds. The maximum atomic E-state index is 12.5. The summed E-state index contributed by atoms with van der Waals surface area (Å²) in [6, 6.07) is 23.3. The zero-order valence-electron chi connectivity index (χ0n) is 19.2. The number of amides is 1. The lowest BCUT2D eigenvalue weighted by atomic mass is 10.1. The molecule has 0 bridgehead atoms. The Morgan fingerprint density at radius 2 is 1.83 bits per heavy atom. The number of hydrazone groups is 1. The lowest BCUT2D eigenvalue weighted by Gasteiger charge is -2.07. The fourth-order valence-corrected chi connectivity index (χ4v) is 3.26. The van der Waals surface area contributed by atoms with Crippen LogP contribution in [-0.2, 0) is 6.61 Å². The third kappa shape index (κ3) is 5.97. The summed E-state index contributed by atoms with van der Waals surface area (Å²) in [5, 5.41) is 21.9. The van der Waals surface area contributed by atoms with E-state index in [1.807, 2.05) is 55.5 Å². The van der Waals surface area contributed by atoms with E-state index in [1.165, 1.54) is 17.7 Å². The molecule has 0 aliphatic heterocycles. The van der Waals surface area contributed by atoms with Gasteiger partial charge in [0.2, 0.25) is 0 Å². The van der Waals surface area contributed by atoms with Crippen LogP contribution in [0.3, 0.4) is 0 Å². The predicted octanol–water partition coefficient (Wildman–Crippen LogP) is 5.03. The van der Waals surface area contributed by atoms with Gasteiger partial charge in [-0.05, 0) is 49.7 Å². The number of nitrogens with one attached hydrogen (secondary N) is 2. The van der Waals surface area contributed by atoms with E-state index in [2.05, 4.69) is 20.7 Å². The van der Waals surface area contributed by atoms with Gasteiger partial charge in [-0.25, -0.2) is 5.43 Å². The molecule has 9 heteroatoms. The Morgan fingerprint density at radius 3 is 2.54 bits per heavy atom. The number of aromatic nitrogens is 2. The second kappa shape index (κ2) is 10.4. The molecule has 35 heavy (non-hydrogen) atoms. The molecular weight excluding hydrogens is 446 g/mol. The van der Waals surface area contributed by atoms with Gasteiger partial charge >= 0.3 is 0 Å². The van der Waals surface area contributed by atoms with Crippen molar-refractivity contribution in [2.75, 3.05) is 0 Å². The van der Waals surface area contributed by atoms with Gasteiger partial charge in [0.1, 0.15) is 18.1 Å². The molecular formula is C26H23N5O4. The van der Waals surface area contributed by atoms with Crippen molar-refractivity contribution in [3.63, 3.8) is 0 Å². The van der Waals surface area contributed by atoms with Crippen LogP contribution >= 0.6 is 0 Å². The van der Waals surface area contributed by atoms with Crippen LogP contribution in [0.15, 0.2) is 84.0 Å². The average molecular weight is 470 g/mol. The Kier molecular flexibility index (Phi) is 6.96. The maximum absolute atomic E-state index is 12.5. The summed E-state index contributed by atoms with van der Waals surface area (Å²) in [6.07, 6.45) is 0. The van der Waals surface area contributed by atoms with Gasteiger partial charge in [0.25, 0.3) is 11.6 Å². The summed E-state index contributed by atoms with van der Waals surface area (Å²) in [6.45, 7) is 4.17. The number of benzene rings is 3. The summed E-state index contributed by atoms with van der Waals surface area (Å²) in [7, 11) is 0. The number of nitro benzene ring substituents is 1.